The lowest BCUT2D eigenvalue weighted by atomic mass is 10.3. The Morgan fingerprint density at radius 1 is 1.50 bits per heavy atom. The molecule has 1 unspecified atom stereocenters. The lowest BCUT2D eigenvalue weighted by Crippen LogP contribution is -2.10. The first kappa shape index (κ1) is 13.1. The fraction of sp³-hybridized carbons (Fsp3) is 0.636. The van der Waals surface area contributed by atoms with Crippen molar-refractivity contribution in [2.45, 2.75) is 31.9 Å². The van der Waals surface area contributed by atoms with Gasteiger partial charge in [0, 0.05) is 24.3 Å². The molecule has 1 rings (SSSR count). The van der Waals surface area contributed by atoms with Gasteiger partial charge < -0.3 is 11.1 Å². The molecule has 1 atom stereocenters. The topological polar surface area (TPSA) is 63.8 Å². The van der Waals surface area contributed by atoms with E-state index in [1.54, 1.807) is 6.07 Å². The standard InChI is InChI=1S/C11H20N4S/c1-4-10-14-9(12)7-11(15-10)13-6-5-8(2)16-3/h7-8H,4-6H2,1-3H3,(H3,12,13,14,15). The number of nitrogen functional groups attached to an aromatic ring is 1. The molecule has 0 aliphatic carbocycles. The van der Waals surface area contributed by atoms with E-state index in [2.05, 4.69) is 28.5 Å². The highest BCUT2D eigenvalue weighted by molar-refractivity contribution is 7.99. The van der Waals surface area contributed by atoms with Gasteiger partial charge in [-0.15, -0.1) is 0 Å². The van der Waals surface area contributed by atoms with Gasteiger partial charge >= 0.3 is 0 Å². The predicted octanol–water partition coefficient (Wildman–Crippen LogP) is 2.17. The van der Waals surface area contributed by atoms with Crippen LogP contribution in [0.25, 0.3) is 0 Å². The first-order valence-electron chi connectivity index (χ1n) is 5.55. The third-order valence-electron chi connectivity index (χ3n) is 2.37. The molecule has 0 aliphatic rings. The molecule has 90 valence electrons. The second-order valence-electron chi connectivity index (χ2n) is 3.71. The van der Waals surface area contributed by atoms with Crippen LogP contribution in [0.2, 0.25) is 0 Å². The van der Waals surface area contributed by atoms with Crippen LogP contribution in [0.4, 0.5) is 11.6 Å². The van der Waals surface area contributed by atoms with E-state index < -0.39 is 0 Å². The zero-order chi connectivity index (χ0) is 12.0. The molecular formula is C11H20N4S. The molecular weight excluding hydrogens is 220 g/mol. The Bertz CT molecular complexity index is 330. The number of nitrogens with one attached hydrogen (secondary N) is 1. The number of aromatic nitrogens is 2. The highest BCUT2D eigenvalue weighted by atomic mass is 32.2. The molecule has 4 nitrogen and oxygen atoms in total. The maximum absolute atomic E-state index is 5.70. The van der Waals surface area contributed by atoms with Crippen molar-refractivity contribution in [1.82, 2.24) is 9.97 Å². The van der Waals surface area contributed by atoms with E-state index in [4.69, 9.17) is 5.73 Å². The van der Waals surface area contributed by atoms with Crippen molar-refractivity contribution in [3.05, 3.63) is 11.9 Å². The van der Waals surface area contributed by atoms with Gasteiger partial charge in [0.2, 0.25) is 0 Å². The Morgan fingerprint density at radius 3 is 2.88 bits per heavy atom. The summed E-state index contributed by atoms with van der Waals surface area (Å²) in [5, 5.41) is 3.95. The molecule has 5 heteroatoms. The van der Waals surface area contributed by atoms with E-state index in [9.17, 15) is 0 Å². The number of nitrogens with zero attached hydrogens (tertiary/aromatic N) is 2. The van der Waals surface area contributed by atoms with Crippen molar-refractivity contribution >= 4 is 23.4 Å². The van der Waals surface area contributed by atoms with E-state index in [0.717, 1.165) is 31.0 Å². The van der Waals surface area contributed by atoms with Crippen molar-refractivity contribution in [2.75, 3.05) is 23.9 Å². The zero-order valence-corrected chi connectivity index (χ0v) is 11.0. The highest BCUT2D eigenvalue weighted by Crippen LogP contribution is 2.12. The van der Waals surface area contributed by atoms with Crippen molar-refractivity contribution in [1.29, 1.82) is 0 Å². The van der Waals surface area contributed by atoms with Crippen LogP contribution >= 0.6 is 11.8 Å². The molecule has 0 amide bonds. The average Bonchev–Trinajstić information content (AvgIpc) is 2.28. The van der Waals surface area contributed by atoms with Gasteiger partial charge in [-0.2, -0.15) is 11.8 Å². The molecule has 0 fully saturated rings. The van der Waals surface area contributed by atoms with E-state index in [-0.39, 0.29) is 0 Å². The zero-order valence-electron chi connectivity index (χ0n) is 10.2. The summed E-state index contributed by atoms with van der Waals surface area (Å²) in [6.07, 6.45) is 4.05. The molecule has 0 bridgehead atoms. The highest BCUT2D eigenvalue weighted by Gasteiger charge is 2.02. The summed E-state index contributed by atoms with van der Waals surface area (Å²) >= 11 is 1.87. The lowest BCUT2D eigenvalue weighted by molar-refractivity contribution is 0.844. The van der Waals surface area contributed by atoms with Crippen molar-refractivity contribution < 1.29 is 0 Å². The maximum Gasteiger partial charge on any atom is 0.132 e. The van der Waals surface area contributed by atoms with Gasteiger partial charge in [0.15, 0.2) is 0 Å². The summed E-state index contributed by atoms with van der Waals surface area (Å²) in [6.45, 7) is 5.16. The van der Waals surface area contributed by atoms with Gasteiger partial charge in [-0.25, -0.2) is 9.97 Å². The number of nitrogens with two attached hydrogens (primary N) is 1. The lowest BCUT2D eigenvalue weighted by Gasteiger charge is -2.10. The van der Waals surface area contributed by atoms with Crippen molar-refractivity contribution in [3.8, 4) is 0 Å². The number of aryl methyl sites for hydroxylation is 1. The first-order chi connectivity index (χ1) is 7.65. The Hall–Kier alpha value is -0.970. The first-order valence-corrected chi connectivity index (χ1v) is 6.84. The van der Waals surface area contributed by atoms with Crippen molar-refractivity contribution in [2.24, 2.45) is 0 Å². The van der Waals surface area contributed by atoms with Crippen LogP contribution in [-0.4, -0.2) is 28.0 Å². The Kier molecular flexibility index (Phi) is 5.38. The summed E-state index contributed by atoms with van der Waals surface area (Å²) in [5.74, 6) is 2.16. The number of anilines is 2. The molecule has 0 radical (unpaired) electrons. The SMILES string of the molecule is CCc1nc(N)cc(NCCC(C)SC)n1. The van der Waals surface area contributed by atoms with E-state index in [0.29, 0.717) is 11.1 Å². The van der Waals surface area contributed by atoms with Gasteiger partial charge in [0.1, 0.15) is 17.5 Å². The number of thioether (sulfide) groups is 1. The van der Waals surface area contributed by atoms with Gasteiger partial charge in [-0.1, -0.05) is 13.8 Å². The van der Waals surface area contributed by atoms with Crippen LogP contribution < -0.4 is 11.1 Å². The summed E-state index contributed by atoms with van der Waals surface area (Å²) in [6, 6.07) is 1.78. The minimum Gasteiger partial charge on any atom is -0.384 e. The molecule has 16 heavy (non-hydrogen) atoms. The predicted molar refractivity (Wildman–Crippen MR) is 71.9 cm³/mol. The molecule has 3 N–H and O–H groups in total. The number of hydrogen-bond donors (Lipinski definition) is 2. The van der Waals surface area contributed by atoms with Gasteiger partial charge in [-0.3, -0.25) is 0 Å². The number of hydrogen-bond acceptors (Lipinski definition) is 5. The van der Waals surface area contributed by atoms with Gasteiger partial charge in [0.25, 0.3) is 0 Å². The van der Waals surface area contributed by atoms with Crippen molar-refractivity contribution in [3.63, 3.8) is 0 Å². The monoisotopic (exact) mass is 240 g/mol. The summed E-state index contributed by atoms with van der Waals surface area (Å²) in [4.78, 5) is 8.50. The number of rotatable bonds is 6. The smallest absolute Gasteiger partial charge is 0.132 e. The average molecular weight is 240 g/mol. The molecule has 0 aliphatic heterocycles. The fourth-order valence-electron chi connectivity index (χ4n) is 1.29. The quantitative estimate of drug-likeness (QED) is 0.798. The normalized spacial score (nSPS) is 12.4. The molecule has 0 aromatic carbocycles. The molecule has 1 aromatic heterocycles. The Labute approximate surface area is 101 Å². The van der Waals surface area contributed by atoms with Crippen LogP contribution in [-0.2, 0) is 6.42 Å². The van der Waals surface area contributed by atoms with E-state index in [1.165, 1.54) is 0 Å². The van der Waals surface area contributed by atoms with E-state index >= 15 is 0 Å². The van der Waals surface area contributed by atoms with Crippen LogP contribution in [0.15, 0.2) is 6.07 Å². The van der Waals surface area contributed by atoms with Crippen LogP contribution in [0.1, 0.15) is 26.1 Å². The molecule has 1 aromatic rings. The van der Waals surface area contributed by atoms with Gasteiger partial charge in [-0.05, 0) is 12.7 Å². The second kappa shape index (κ2) is 6.58. The molecule has 0 saturated carbocycles. The second-order valence-corrected chi connectivity index (χ2v) is 4.99. The minimum absolute atomic E-state index is 0.535. The van der Waals surface area contributed by atoms with Crippen LogP contribution in [0.5, 0.6) is 0 Å². The van der Waals surface area contributed by atoms with Crippen LogP contribution in [0, 0.1) is 0 Å². The van der Waals surface area contributed by atoms with Gasteiger partial charge in [0.05, 0.1) is 0 Å². The summed E-state index contributed by atoms with van der Waals surface area (Å²) in [5.41, 5.74) is 5.70. The molecule has 1 heterocycles. The fourth-order valence-corrected chi connectivity index (χ4v) is 1.64. The third-order valence-corrected chi connectivity index (χ3v) is 3.41. The maximum atomic E-state index is 5.70. The minimum atomic E-state index is 0.535. The third kappa shape index (κ3) is 4.26. The van der Waals surface area contributed by atoms with E-state index in [1.807, 2.05) is 18.7 Å². The largest absolute Gasteiger partial charge is 0.384 e. The summed E-state index contributed by atoms with van der Waals surface area (Å²) < 4.78 is 0. The Morgan fingerprint density at radius 2 is 2.25 bits per heavy atom. The molecule has 0 spiro atoms. The summed E-state index contributed by atoms with van der Waals surface area (Å²) in [7, 11) is 0. The van der Waals surface area contributed by atoms with Crippen LogP contribution in [0.3, 0.4) is 0 Å². The Balaban J connectivity index is 2.50. The molecule has 0 saturated heterocycles.